The summed E-state index contributed by atoms with van der Waals surface area (Å²) in [5.41, 5.74) is 2.16. The number of nitrogens with one attached hydrogen (secondary N) is 1. The third kappa shape index (κ3) is 4.34. The molecule has 0 aliphatic carbocycles. The van der Waals surface area contributed by atoms with Crippen LogP contribution in [0.4, 0.5) is 10.8 Å². The van der Waals surface area contributed by atoms with E-state index in [9.17, 15) is 9.59 Å². The van der Waals surface area contributed by atoms with Crippen molar-refractivity contribution in [3.8, 4) is 0 Å². The van der Waals surface area contributed by atoms with Gasteiger partial charge in [-0.05, 0) is 53.4 Å². The van der Waals surface area contributed by atoms with Crippen LogP contribution in [-0.2, 0) is 11.8 Å². The highest BCUT2D eigenvalue weighted by Crippen LogP contribution is 2.29. The molecule has 1 aromatic carbocycles. The molecule has 1 saturated heterocycles. The van der Waals surface area contributed by atoms with E-state index in [0.717, 1.165) is 41.1 Å². The molecule has 10 heteroatoms. The molecule has 3 heterocycles. The predicted molar refractivity (Wildman–Crippen MR) is 122 cm³/mol. The number of rotatable bonds is 5. The molecule has 0 saturated carbocycles. The molecule has 3 aromatic rings. The van der Waals surface area contributed by atoms with Gasteiger partial charge in [-0.3, -0.25) is 14.2 Å². The summed E-state index contributed by atoms with van der Waals surface area (Å²) in [6.07, 6.45) is 2.29. The first-order valence-corrected chi connectivity index (χ1v) is 11.8. The molecule has 4 rings (SSSR count). The Labute approximate surface area is 184 Å². The number of aryl methyl sites for hydroxylation is 1. The number of thiazole rings is 1. The van der Waals surface area contributed by atoms with Gasteiger partial charge in [0.25, 0.3) is 5.56 Å². The van der Waals surface area contributed by atoms with Crippen LogP contribution in [0.3, 0.4) is 0 Å². The summed E-state index contributed by atoms with van der Waals surface area (Å²) in [7, 11) is 1.68. The number of carbonyl (C=O) groups is 1. The molecule has 2 aromatic heterocycles. The first kappa shape index (κ1) is 20.4. The highest BCUT2D eigenvalue weighted by Gasteiger charge is 2.20. The van der Waals surface area contributed by atoms with Gasteiger partial charge in [-0.25, -0.2) is 4.98 Å². The van der Waals surface area contributed by atoms with Gasteiger partial charge in [-0.15, -0.1) is 0 Å². The third-order valence-corrected chi connectivity index (χ3v) is 7.47. The lowest BCUT2D eigenvalue weighted by atomic mass is 10.2. The van der Waals surface area contributed by atoms with E-state index in [1.54, 1.807) is 7.05 Å². The molecule has 0 bridgehead atoms. The Morgan fingerprint density at radius 1 is 1.31 bits per heavy atom. The van der Waals surface area contributed by atoms with Crippen LogP contribution in [0.15, 0.2) is 32.6 Å². The van der Waals surface area contributed by atoms with E-state index in [1.807, 2.05) is 25.1 Å². The van der Waals surface area contributed by atoms with Crippen molar-refractivity contribution in [2.45, 2.75) is 24.9 Å². The quantitative estimate of drug-likeness (QED) is 0.430. The van der Waals surface area contributed by atoms with Crippen LogP contribution in [0.1, 0.15) is 18.4 Å². The van der Waals surface area contributed by atoms with Crippen molar-refractivity contribution in [2.24, 2.45) is 7.05 Å². The molecule has 1 fully saturated rings. The monoisotopic (exact) mass is 493 g/mol. The Hall–Kier alpha value is -1.91. The maximum Gasteiger partial charge on any atom is 0.273 e. The zero-order valence-electron chi connectivity index (χ0n) is 16.1. The first-order chi connectivity index (χ1) is 13.9. The zero-order chi connectivity index (χ0) is 20.5. The van der Waals surface area contributed by atoms with Crippen molar-refractivity contribution in [2.75, 3.05) is 29.1 Å². The Morgan fingerprint density at radius 2 is 2.07 bits per heavy atom. The molecular weight excluding hydrogens is 474 g/mol. The minimum absolute atomic E-state index is 0.123. The summed E-state index contributed by atoms with van der Waals surface area (Å²) in [5, 5.41) is 4.22. The second-order valence-corrected chi connectivity index (χ2v) is 9.70. The number of thioether (sulfide) groups is 1. The van der Waals surface area contributed by atoms with Gasteiger partial charge >= 0.3 is 0 Å². The van der Waals surface area contributed by atoms with Crippen molar-refractivity contribution >= 4 is 66.1 Å². The smallest absolute Gasteiger partial charge is 0.273 e. The molecule has 152 valence electrons. The standard InChI is InChI=1S/C19H20BrN5O2S2/c1-11-5-6-13(12(20)9-11)21-14(26)10-28-18-22-16-15(17(27)24(18)2)29-19(23-16)25-7-3-4-8-25/h5-6,9H,3-4,7-8,10H2,1-2H3,(H,21,26). The number of hydrogen-bond donors (Lipinski definition) is 1. The number of halogens is 1. The fourth-order valence-electron chi connectivity index (χ4n) is 3.13. The van der Waals surface area contributed by atoms with Gasteiger partial charge in [0.2, 0.25) is 5.91 Å². The zero-order valence-corrected chi connectivity index (χ0v) is 19.3. The lowest BCUT2D eigenvalue weighted by Gasteiger charge is -2.11. The summed E-state index contributed by atoms with van der Waals surface area (Å²) in [5.74, 6) is -0.0141. The fraction of sp³-hybridized carbons (Fsp3) is 0.368. The number of amides is 1. The first-order valence-electron chi connectivity index (χ1n) is 9.23. The van der Waals surface area contributed by atoms with Gasteiger partial charge in [0.1, 0.15) is 4.70 Å². The second kappa shape index (κ2) is 8.45. The Bertz CT molecular complexity index is 1140. The molecule has 0 spiro atoms. The number of hydrogen-bond acceptors (Lipinski definition) is 7. The highest BCUT2D eigenvalue weighted by atomic mass is 79.9. The molecule has 1 amide bonds. The summed E-state index contributed by atoms with van der Waals surface area (Å²) < 4.78 is 2.89. The van der Waals surface area contributed by atoms with E-state index in [2.05, 4.69) is 36.1 Å². The summed E-state index contributed by atoms with van der Waals surface area (Å²) in [6, 6.07) is 5.74. The van der Waals surface area contributed by atoms with Crippen LogP contribution in [0.5, 0.6) is 0 Å². The molecule has 0 unspecified atom stereocenters. The van der Waals surface area contributed by atoms with E-state index in [0.29, 0.717) is 21.2 Å². The van der Waals surface area contributed by atoms with E-state index in [4.69, 9.17) is 0 Å². The summed E-state index contributed by atoms with van der Waals surface area (Å²) >= 11 is 6.09. The van der Waals surface area contributed by atoms with Crippen LogP contribution < -0.4 is 15.8 Å². The lowest BCUT2D eigenvalue weighted by molar-refractivity contribution is -0.113. The van der Waals surface area contributed by atoms with Crippen molar-refractivity contribution in [3.63, 3.8) is 0 Å². The Morgan fingerprint density at radius 3 is 2.79 bits per heavy atom. The van der Waals surface area contributed by atoms with E-state index in [-0.39, 0.29) is 17.2 Å². The van der Waals surface area contributed by atoms with Crippen LogP contribution in [-0.4, -0.2) is 39.3 Å². The van der Waals surface area contributed by atoms with E-state index < -0.39 is 0 Å². The fourth-order valence-corrected chi connectivity index (χ4v) is 5.52. The SMILES string of the molecule is Cc1ccc(NC(=O)CSc2nc3nc(N4CCCC4)sc3c(=O)n2C)c(Br)c1. The predicted octanol–water partition coefficient (Wildman–Crippen LogP) is 3.79. The topological polar surface area (TPSA) is 80.1 Å². The number of carbonyl (C=O) groups excluding carboxylic acids is 1. The number of fused-ring (bicyclic) bond motifs is 1. The van der Waals surface area contributed by atoms with Crippen molar-refractivity contribution in [1.29, 1.82) is 0 Å². The number of aromatic nitrogens is 3. The Balaban J connectivity index is 1.50. The van der Waals surface area contributed by atoms with Gasteiger partial charge < -0.3 is 10.2 Å². The normalized spacial score (nSPS) is 14.0. The minimum Gasteiger partial charge on any atom is -0.348 e. The van der Waals surface area contributed by atoms with Crippen molar-refractivity contribution in [1.82, 2.24) is 14.5 Å². The molecule has 29 heavy (non-hydrogen) atoms. The van der Waals surface area contributed by atoms with Gasteiger partial charge in [-0.2, -0.15) is 4.98 Å². The van der Waals surface area contributed by atoms with Crippen LogP contribution >= 0.6 is 39.0 Å². The average Bonchev–Trinajstić information content (AvgIpc) is 3.35. The minimum atomic E-state index is -0.162. The maximum absolute atomic E-state index is 12.7. The molecule has 1 aliphatic heterocycles. The van der Waals surface area contributed by atoms with Crippen molar-refractivity contribution in [3.05, 3.63) is 38.6 Å². The molecule has 0 atom stereocenters. The number of benzene rings is 1. The lowest BCUT2D eigenvalue weighted by Crippen LogP contribution is -2.21. The molecule has 0 radical (unpaired) electrons. The third-order valence-electron chi connectivity index (χ3n) is 4.69. The van der Waals surface area contributed by atoms with E-state index >= 15 is 0 Å². The average molecular weight is 494 g/mol. The summed E-state index contributed by atoms with van der Waals surface area (Å²) in [6.45, 7) is 3.93. The molecule has 1 N–H and O–H groups in total. The number of nitrogens with zero attached hydrogens (tertiary/aromatic N) is 4. The highest BCUT2D eigenvalue weighted by molar-refractivity contribution is 9.10. The largest absolute Gasteiger partial charge is 0.348 e. The molecular formula is C19H20BrN5O2S2. The van der Waals surface area contributed by atoms with E-state index in [1.165, 1.54) is 27.7 Å². The number of anilines is 2. The van der Waals surface area contributed by atoms with Gasteiger partial charge in [0.05, 0.1) is 11.4 Å². The molecule has 7 nitrogen and oxygen atoms in total. The van der Waals surface area contributed by atoms with Gasteiger partial charge in [0, 0.05) is 24.6 Å². The second-order valence-electron chi connectivity index (χ2n) is 6.92. The van der Waals surface area contributed by atoms with Gasteiger partial charge in [0.15, 0.2) is 15.9 Å². The van der Waals surface area contributed by atoms with Crippen LogP contribution in [0.2, 0.25) is 0 Å². The van der Waals surface area contributed by atoms with Crippen LogP contribution in [0, 0.1) is 6.92 Å². The van der Waals surface area contributed by atoms with Crippen LogP contribution in [0.25, 0.3) is 10.3 Å². The summed E-state index contributed by atoms with van der Waals surface area (Å²) in [4.78, 5) is 36.4. The maximum atomic E-state index is 12.7. The Kier molecular flexibility index (Phi) is 5.93. The van der Waals surface area contributed by atoms with Gasteiger partial charge in [-0.1, -0.05) is 29.2 Å². The van der Waals surface area contributed by atoms with Crippen molar-refractivity contribution < 1.29 is 4.79 Å². The molecule has 1 aliphatic rings.